The third-order valence-electron chi connectivity index (χ3n) is 3.51. The van der Waals surface area contributed by atoms with E-state index in [0.29, 0.717) is 28.9 Å². The Morgan fingerprint density at radius 3 is 3.05 bits per heavy atom. The second-order valence-electron chi connectivity index (χ2n) is 5.26. The molecule has 0 aromatic carbocycles. The maximum Gasteiger partial charge on any atom is 0.252 e. The van der Waals surface area contributed by atoms with E-state index in [9.17, 15) is 4.79 Å². The molecule has 1 aromatic rings. The molecule has 0 aliphatic carbocycles. The first-order valence-electron chi connectivity index (χ1n) is 7.46. The molecule has 0 radical (unpaired) electrons. The maximum atomic E-state index is 12.0. The summed E-state index contributed by atoms with van der Waals surface area (Å²) in [7, 11) is 0. The first-order chi connectivity index (χ1) is 10.2. The zero-order chi connectivity index (χ0) is 15.1. The van der Waals surface area contributed by atoms with Crippen molar-refractivity contribution in [2.45, 2.75) is 26.2 Å². The minimum atomic E-state index is -0.134. The van der Waals surface area contributed by atoms with Gasteiger partial charge in [0.1, 0.15) is 5.82 Å². The van der Waals surface area contributed by atoms with Gasteiger partial charge >= 0.3 is 0 Å². The Labute approximate surface area is 130 Å². The number of pyridine rings is 1. The van der Waals surface area contributed by atoms with Crippen LogP contribution >= 0.6 is 11.6 Å². The monoisotopic (exact) mass is 311 g/mol. The highest BCUT2D eigenvalue weighted by molar-refractivity contribution is 6.33. The van der Waals surface area contributed by atoms with E-state index >= 15 is 0 Å². The molecule has 0 spiro atoms. The molecule has 5 nitrogen and oxygen atoms in total. The first-order valence-corrected chi connectivity index (χ1v) is 7.84. The Kier molecular flexibility index (Phi) is 6.26. The summed E-state index contributed by atoms with van der Waals surface area (Å²) >= 11 is 6.13. The maximum absolute atomic E-state index is 12.0. The van der Waals surface area contributed by atoms with Gasteiger partial charge in [0.25, 0.3) is 5.91 Å². The lowest BCUT2D eigenvalue weighted by atomic mass is 10.1. The van der Waals surface area contributed by atoms with E-state index in [2.05, 4.69) is 22.5 Å². The summed E-state index contributed by atoms with van der Waals surface area (Å²) in [6.45, 7) is 5.17. The van der Waals surface area contributed by atoms with Crippen molar-refractivity contribution in [3.05, 3.63) is 22.8 Å². The standard InChI is InChI=1S/C15H22ClN3O2/c1-2-5-17-14-13(16)8-12(9-19-14)15(20)18-6-3-11-4-7-21-10-11/h8-9,11H,2-7,10H2,1H3,(H,17,19)(H,18,20). The van der Waals surface area contributed by atoms with Crippen LogP contribution in [0.2, 0.25) is 5.02 Å². The number of carbonyl (C=O) groups excluding carboxylic acids is 1. The van der Waals surface area contributed by atoms with Crippen LogP contribution in [-0.2, 0) is 4.74 Å². The largest absolute Gasteiger partial charge is 0.381 e. The Hall–Kier alpha value is -1.33. The van der Waals surface area contributed by atoms with E-state index in [4.69, 9.17) is 16.3 Å². The van der Waals surface area contributed by atoms with Gasteiger partial charge in [-0.25, -0.2) is 4.98 Å². The molecular formula is C15H22ClN3O2. The van der Waals surface area contributed by atoms with Crippen molar-refractivity contribution in [2.24, 2.45) is 5.92 Å². The minimum absolute atomic E-state index is 0.134. The van der Waals surface area contributed by atoms with Gasteiger partial charge in [-0.1, -0.05) is 18.5 Å². The molecule has 1 aromatic heterocycles. The number of halogens is 1. The summed E-state index contributed by atoms with van der Waals surface area (Å²) in [6.07, 6.45) is 4.58. The summed E-state index contributed by atoms with van der Waals surface area (Å²) in [5.74, 6) is 1.05. The average Bonchev–Trinajstić information content (AvgIpc) is 2.99. The van der Waals surface area contributed by atoms with Gasteiger partial charge in [-0.05, 0) is 31.2 Å². The van der Waals surface area contributed by atoms with Crippen LogP contribution in [0.1, 0.15) is 36.5 Å². The fraction of sp³-hybridized carbons (Fsp3) is 0.600. The molecule has 1 amide bonds. The zero-order valence-corrected chi connectivity index (χ0v) is 13.1. The van der Waals surface area contributed by atoms with Crippen LogP contribution in [0.5, 0.6) is 0 Å². The molecule has 1 unspecified atom stereocenters. The number of ether oxygens (including phenoxy) is 1. The average molecular weight is 312 g/mol. The number of carbonyl (C=O) groups is 1. The fourth-order valence-electron chi connectivity index (χ4n) is 2.24. The number of anilines is 1. The molecule has 1 aliphatic rings. The predicted molar refractivity (Wildman–Crippen MR) is 83.9 cm³/mol. The summed E-state index contributed by atoms with van der Waals surface area (Å²) < 4.78 is 5.31. The van der Waals surface area contributed by atoms with E-state index in [0.717, 1.165) is 39.0 Å². The number of hydrogen-bond acceptors (Lipinski definition) is 4. The molecule has 21 heavy (non-hydrogen) atoms. The van der Waals surface area contributed by atoms with Crippen molar-refractivity contribution in [1.29, 1.82) is 0 Å². The van der Waals surface area contributed by atoms with Gasteiger partial charge in [0.15, 0.2) is 0 Å². The lowest BCUT2D eigenvalue weighted by Gasteiger charge is -2.10. The Balaban J connectivity index is 1.82. The molecule has 0 bridgehead atoms. The zero-order valence-electron chi connectivity index (χ0n) is 12.3. The Bertz CT molecular complexity index is 476. The molecule has 1 aliphatic heterocycles. The van der Waals surface area contributed by atoms with E-state index in [1.165, 1.54) is 0 Å². The minimum Gasteiger partial charge on any atom is -0.381 e. The van der Waals surface area contributed by atoms with E-state index < -0.39 is 0 Å². The van der Waals surface area contributed by atoms with Crippen LogP contribution in [0.25, 0.3) is 0 Å². The summed E-state index contributed by atoms with van der Waals surface area (Å²) in [5, 5.41) is 6.49. The van der Waals surface area contributed by atoms with Crippen LogP contribution in [-0.4, -0.2) is 37.2 Å². The van der Waals surface area contributed by atoms with Crippen LogP contribution in [0.3, 0.4) is 0 Å². The van der Waals surface area contributed by atoms with Gasteiger partial charge in [-0.2, -0.15) is 0 Å². The number of hydrogen-bond donors (Lipinski definition) is 2. The van der Waals surface area contributed by atoms with Crippen LogP contribution in [0.4, 0.5) is 5.82 Å². The quantitative estimate of drug-likeness (QED) is 0.812. The van der Waals surface area contributed by atoms with Crippen molar-refractivity contribution >= 4 is 23.3 Å². The SMILES string of the molecule is CCCNc1ncc(C(=O)NCCC2CCOC2)cc1Cl. The molecule has 1 fully saturated rings. The fourth-order valence-corrected chi connectivity index (χ4v) is 2.47. The number of amides is 1. The number of rotatable bonds is 7. The van der Waals surface area contributed by atoms with Crippen molar-refractivity contribution in [3.8, 4) is 0 Å². The highest BCUT2D eigenvalue weighted by Gasteiger charge is 2.16. The lowest BCUT2D eigenvalue weighted by molar-refractivity contribution is 0.0950. The van der Waals surface area contributed by atoms with Gasteiger partial charge in [0, 0.05) is 32.5 Å². The molecule has 6 heteroatoms. The summed E-state index contributed by atoms with van der Waals surface area (Å²) in [6, 6.07) is 1.65. The Morgan fingerprint density at radius 1 is 1.52 bits per heavy atom. The molecule has 0 saturated carbocycles. The molecule has 2 heterocycles. The Morgan fingerprint density at radius 2 is 2.38 bits per heavy atom. The third-order valence-corrected chi connectivity index (χ3v) is 3.80. The second kappa shape index (κ2) is 8.20. The molecular weight excluding hydrogens is 290 g/mol. The van der Waals surface area contributed by atoms with Crippen molar-refractivity contribution in [2.75, 3.05) is 31.6 Å². The predicted octanol–water partition coefficient (Wildman–Crippen LogP) is 2.71. The smallest absolute Gasteiger partial charge is 0.252 e. The lowest BCUT2D eigenvalue weighted by Crippen LogP contribution is -2.26. The topological polar surface area (TPSA) is 63.2 Å². The summed E-state index contributed by atoms with van der Waals surface area (Å²) in [4.78, 5) is 16.2. The molecule has 2 N–H and O–H groups in total. The summed E-state index contributed by atoms with van der Waals surface area (Å²) in [5.41, 5.74) is 0.490. The van der Waals surface area contributed by atoms with Crippen LogP contribution in [0.15, 0.2) is 12.3 Å². The van der Waals surface area contributed by atoms with Crippen LogP contribution < -0.4 is 10.6 Å². The van der Waals surface area contributed by atoms with Crippen molar-refractivity contribution < 1.29 is 9.53 Å². The highest BCUT2D eigenvalue weighted by Crippen LogP contribution is 2.20. The normalized spacial score (nSPS) is 17.7. The number of nitrogens with zero attached hydrogens (tertiary/aromatic N) is 1. The van der Waals surface area contributed by atoms with Crippen molar-refractivity contribution in [3.63, 3.8) is 0 Å². The van der Waals surface area contributed by atoms with Gasteiger partial charge < -0.3 is 15.4 Å². The van der Waals surface area contributed by atoms with Gasteiger partial charge in [0.2, 0.25) is 0 Å². The van der Waals surface area contributed by atoms with Gasteiger partial charge in [0.05, 0.1) is 10.6 Å². The third kappa shape index (κ3) is 4.86. The van der Waals surface area contributed by atoms with E-state index in [1.807, 2.05) is 0 Å². The van der Waals surface area contributed by atoms with Gasteiger partial charge in [-0.15, -0.1) is 0 Å². The number of aromatic nitrogens is 1. The van der Waals surface area contributed by atoms with E-state index in [-0.39, 0.29) is 5.91 Å². The molecule has 2 rings (SSSR count). The van der Waals surface area contributed by atoms with Gasteiger partial charge in [-0.3, -0.25) is 4.79 Å². The molecule has 1 atom stereocenters. The van der Waals surface area contributed by atoms with Crippen molar-refractivity contribution in [1.82, 2.24) is 10.3 Å². The first kappa shape index (κ1) is 16.0. The number of nitrogens with one attached hydrogen (secondary N) is 2. The second-order valence-corrected chi connectivity index (χ2v) is 5.66. The van der Waals surface area contributed by atoms with E-state index in [1.54, 1.807) is 12.3 Å². The molecule has 116 valence electrons. The molecule has 1 saturated heterocycles. The van der Waals surface area contributed by atoms with Crippen LogP contribution in [0, 0.1) is 5.92 Å². The highest BCUT2D eigenvalue weighted by atomic mass is 35.5.